The Labute approximate surface area is 125 Å². The van der Waals surface area contributed by atoms with Gasteiger partial charge in [0.05, 0.1) is 17.0 Å². The van der Waals surface area contributed by atoms with E-state index in [1.807, 2.05) is 29.2 Å². The van der Waals surface area contributed by atoms with E-state index in [9.17, 15) is 8.78 Å². The average Bonchev–Trinajstić information content (AvgIpc) is 2.88. The first-order valence-electron chi connectivity index (χ1n) is 6.71. The van der Waals surface area contributed by atoms with Crippen molar-refractivity contribution < 1.29 is 8.78 Å². The summed E-state index contributed by atoms with van der Waals surface area (Å²) in [5.74, 6) is 0.582. The Morgan fingerprint density at radius 3 is 2.62 bits per heavy atom. The fraction of sp³-hybridized carbons (Fsp3) is 0.188. The van der Waals surface area contributed by atoms with E-state index in [0.29, 0.717) is 12.3 Å². The molecule has 1 saturated heterocycles. The largest absolute Gasteiger partial charge is 0.339 e. The summed E-state index contributed by atoms with van der Waals surface area (Å²) in [6, 6.07) is 11.9. The number of fused-ring (bicyclic) bond motifs is 2. The second-order valence-corrected chi connectivity index (χ2v) is 6.15. The molecule has 2 heterocycles. The van der Waals surface area contributed by atoms with Crippen molar-refractivity contribution >= 4 is 23.3 Å². The molecule has 4 rings (SSSR count). The van der Waals surface area contributed by atoms with Crippen molar-refractivity contribution in [2.75, 3.05) is 5.75 Å². The zero-order chi connectivity index (χ0) is 14.4. The summed E-state index contributed by atoms with van der Waals surface area (Å²) in [6.45, 7) is 0.639. The van der Waals surface area contributed by atoms with Crippen LogP contribution in [-0.2, 0) is 6.54 Å². The normalized spacial score (nSPS) is 20.0. The molecule has 2 aliphatic heterocycles. The van der Waals surface area contributed by atoms with Crippen LogP contribution >= 0.6 is 11.8 Å². The zero-order valence-corrected chi connectivity index (χ0v) is 11.9. The highest BCUT2D eigenvalue weighted by Crippen LogP contribution is 2.45. The maximum atomic E-state index is 14.0. The highest BCUT2D eigenvalue weighted by atomic mass is 32.2. The second kappa shape index (κ2) is 4.84. The fourth-order valence-corrected chi connectivity index (χ4v) is 4.10. The molecule has 2 nitrogen and oxygen atoms in total. The molecule has 0 amide bonds. The van der Waals surface area contributed by atoms with Crippen LogP contribution in [0.25, 0.3) is 0 Å². The van der Waals surface area contributed by atoms with Crippen LogP contribution in [-0.4, -0.2) is 16.5 Å². The van der Waals surface area contributed by atoms with Gasteiger partial charge in [-0.05, 0) is 23.8 Å². The molecule has 1 atom stereocenters. The van der Waals surface area contributed by atoms with Crippen LogP contribution in [0.3, 0.4) is 0 Å². The van der Waals surface area contributed by atoms with Crippen molar-refractivity contribution in [1.82, 2.24) is 4.90 Å². The van der Waals surface area contributed by atoms with E-state index in [-0.39, 0.29) is 10.9 Å². The van der Waals surface area contributed by atoms with Gasteiger partial charge in [-0.3, -0.25) is 0 Å². The molecule has 2 aliphatic rings. The zero-order valence-electron chi connectivity index (χ0n) is 11.1. The van der Waals surface area contributed by atoms with Crippen molar-refractivity contribution in [3.63, 3.8) is 0 Å². The minimum absolute atomic E-state index is 0.132. The SMILES string of the molecule is Fc1cccc(F)c1C1SCC2=Nc3ccccc3CN21. The van der Waals surface area contributed by atoms with Gasteiger partial charge in [0.2, 0.25) is 0 Å². The fourth-order valence-electron chi connectivity index (χ4n) is 2.79. The molecule has 0 spiro atoms. The Hall–Kier alpha value is -1.88. The summed E-state index contributed by atoms with van der Waals surface area (Å²) >= 11 is 1.51. The minimum atomic E-state index is -0.493. The number of benzene rings is 2. The smallest absolute Gasteiger partial charge is 0.132 e. The molecule has 5 heteroatoms. The summed E-state index contributed by atoms with van der Waals surface area (Å²) in [7, 11) is 0. The quantitative estimate of drug-likeness (QED) is 0.782. The third-order valence-electron chi connectivity index (χ3n) is 3.81. The van der Waals surface area contributed by atoms with Gasteiger partial charge in [-0.1, -0.05) is 24.3 Å². The Kier molecular flexibility index (Phi) is 2.96. The van der Waals surface area contributed by atoms with Crippen LogP contribution in [0.1, 0.15) is 16.5 Å². The number of hydrogen-bond acceptors (Lipinski definition) is 3. The van der Waals surface area contributed by atoms with E-state index in [1.165, 1.54) is 30.0 Å². The number of halogens is 2. The molecule has 0 radical (unpaired) electrons. The van der Waals surface area contributed by atoms with Gasteiger partial charge >= 0.3 is 0 Å². The van der Waals surface area contributed by atoms with Crippen molar-refractivity contribution in [2.45, 2.75) is 11.9 Å². The Balaban J connectivity index is 1.76. The van der Waals surface area contributed by atoms with Crippen LogP contribution in [0.2, 0.25) is 0 Å². The van der Waals surface area contributed by atoms with Crippen molar-refractivity contribution in [2.24, 2.45) is 4.99 Å². The molecule has 0 bridgehead atoms. The van der Waals surface area contributed by atoms with E-state index in [2.05, 4.69) is 4.99 Å². The Morgan fingerprint density at radius 1 is 1.05 bits per heavy atom. The van der Waals surface area contributed by atoms with Crippen LogP contribution < -0.4 is 0 Å². The maximum Gasteiger partial charge on any atom is 0.132 e. The molecular formula is C16H12F2N2S. The predicted octanol–water partition coefficient (Wildman–Crippen LogP) is 4.26. The Morgan fingerprint density at radius 2 is 1.81 bits per heavy atom. The third kappa shape index (κ3) is 2.03. The number of hydrogen-bond donors (Lipinski definition) is 0. The number of amidine groups is 1. The monoisotopic (exact) mass is 302 g/mol. The van der Waals surface area contributed by atoms with Crippen LogP contribution in [0.15, 0.2) is 47.5 Å². The highest BCUT2D eigenvalue weighted by molar-refractivity contribution is 8.00. The highest BCUT2D eigenvalue weighted by Gasteiger charge is 2.36. The first-order valence-corrected chi connectivity index (χ1v) is 7.76. The molecule has 0 N–H and O–H groups in total. The third-order valence-corrected chi connectivity index (χ3v) is 5.04. The first-order chi connectivity index (χ1) is 10.2. The topological polar surface area (TPSA) is 15.6 Å². The van der Waals surface area contributed by atoms with Gasteiger partial charge in [0, 0.05) is 6.54 Å². The second-order valence-electron chi connectivity index (χ2n) is 5.08. The standard InChI is InChI=1S/C16H12F2N2S/c17-11-5-3-6-12(18)15(11)16-20-8-10-4-1-2-7-13(10)19-14(20)9-21-16/h1-7,16H,8-9H2. The molecule has 2 aromatic carbocycles. The number of para-hydroxylation sites is 1. The molecule has 21 heavy (non-hydrogen) atoms. The maximum absolute atomic E-state index is 14.0. The van der Waals surface area contributed by atoms with Gasteiger partial charge in [-0.2, -0.15) is 0 Å². The van der Waals surface area contributed by atoms with Crippen LogP contribution in [0.5, 0.6) is 0 Å². The molecule has 0 aliphatic carbocycles. The molecule has 0 aromatic heterocycles. The lowest BCUT2D eigenvalue weighted by atomic mass is 10.1. The van der Waals surface area contributed by atoms with E-state index < -0.39 is 11.6 Å². The molecule has 1 unspecified atom stereocenters. The van der Waals surface area contributed by atoms with Crippen molar-refractivity contribution in [3.8, 4) is 0 Å². The lowest BCUT2D eigenvalue weighted by molar-refractivity contribution is 0.379. The van der Waals surface area contributed by atoms with Gasteiger partial charge < -0.3 is 4.90 Å². The van der Waals surface area contributed by atoms with E-state index in [4.69, 9.17) is 0 Å². The van der Waals surface area contributed by atoms with Gasteiger partial charge in [-0.25, -0.2) is 13.8 Å². The first kappa shape index (κ1) is 12.8. The molecular weight excluding hydrogens is 290 g/mol. The summed E-state index contributed by atoms with van der Waals surface area (Å²) in [6.07, 6.45) is 0. The number of thioether (sulfide) groups is 1. The lowest BCUT2D eigenvalue weighted by Crippen LogP contribution is -2.31. The predicted molar refractivity (Wildman–Crippen MR) is 80.6 cm³/mol. The Bertz CT molecular complexity index is 725. The summed E-state index contributed by atoms with van der Waals surface area (Å²) in [5, 5.41) is -0.349. The van der Waals surface area contributed by atoms with Gasteiger partial charge in [-0.15, -0.1) is 11.8 Å². The van der Waals surface area contributed by atoms with E-state index in [0.717, 1.165) is 17.1 Å². The summed E-state index contributed by atoms with van der Waals surface area (Å²) in [4.78, 5) is 6.61. The van der Waals surface area contributed by atoms with Crippen LogP contribution in [0, 0.1) is 11.6 Å². The van der Waals surface area contributed by atoms with Crippen LogP contribution in [0.4, 0.5) is 14.5 Å². The molecule has 0 saturated carbocycles. The number of rotatable bonds is 1. The lowest BCUT2D eigenvalue weighted by Gasteiger charge is -2.30. The molecule has 106 valence electrons. The molecule has 1 fully saturated rings. The van der Waals surface area contributed by atoms with Crippen molar-refractivity contribution in [1.29, 1.82) is 0 Å². The molecule has 2 aromatic rings. The minimum Gasteiger partial charge on any atom is -0.339 e. The summed E-state index contributed by atoms with van der Waals surface area (Å²) in [5.41, 5.74) is 2.18. The number of aliphatic imine (C=N–C) groups is 1. The number of nitrogens with zero attached hydrogens (tertiary/aromatic N) is 2. The average molecular weight is 302 g/mol. The summed E-state index contributed by atoms with van der Waals surface area (Å²) < 4.78 is 28.1. The van der Waals surface area contributed by atoms with Crippen molar-refractivity contribution in [3.05, 3.63) is 65.2 Å². The van der Waals surface area contributed by atoms with Gasteiger partial charge in [0.15, 0.2) is 0 Å². The van der Waals surface area contributed by atoms with E-state index >= 15 is 0 Å². The van der Waals surface area contributed by atoms with E-state index in [1.54, 1.807) is 0 Å². The van der Waals surface area contributed by atoms with Gasteiger partial charge in [0.1, 0.15) is 22.8 Å². The van der Waals surface area contributed by atoms with Gasteiger partial charge in [0.25, 0.3) is 0 Å².